The molecule has 1 aromatic rings. The van der Waals surface area contributed by atoms with Crippen LogP contribution >= 0.6 is 24.0 Å². The van der Waals surface area contributed by atoms with E-state index in [2.05, 4.69) is 75.5 Å². The molecule has 1 unspecified atom stereocenters. The monoisotopic (exact) mass is 495 g/mol. The highest BCUT2D eigenvalue weighted by molar-refractivity contribution is 14.0. The Labute approximate surface area is 186 Å². The van der Waals surface area contributed by atoms with Gasteiger partial charge in [0.2, 0.25) is 0 Å². The second-order valence-corrected chi connectivity index (χ2v) is 8.46. The van der Waals surface area contributed by atoms with E-state index in [1.807, 2.05) is 7.05 Å². The standard InChI is InChI=1S/C22H33N5.HI/c1-23-21(27-13-10-20(16-27)26-11-6-7-12-26)24-17-22(25(2)3)14-18-8-4-5-9-19(18)15-22;/h4-9,20H,10-17H2,1-3H3,(H,23,24);1H. The Morgan fingerprint density at radius 1 is 1.18 bits per heavy atom. The molecule has 6 heteroatoms. The minimum Gasteiger partial charge on any atom is -0.354 e. The molecule has 0 radical (unpaired) electrons. The third-order valence-corrected chi connectivity index (χ3v) is 6.72. The van der Waals surface area contributed by atoms with Crippen LogP contribution in [-0.4, -0.2) is 86.1 Å². The maximum atomic E-state index is 4.61. The average Bonchev–Trinajstić information content (AvgIpc) is 3.41. The molecule has 5 nitrogen and oxygen atoms in total. The fourth-order valence-corrected chi connectivity index (χ4v) is 4.87. The van der Waals surface area contributed by atoms with E-state index >= 15 is 0 Å². The maximum absolute atomic E-state index is 4.61. The van der Waals surface area contributed by atoms with Crippen molar-refractivity contribution in [3.63, 3.8) is 0 Å². The van der Waals surface area contributed by atoms with E-state index in [1.165, 1.54) is 17.5 Å². The van der Waals surface area contributed by atoms with Gasteiger partial charge in [-0.25, -0.2) is 0 Å². The summed E-state index contributed by atoms with van der Waals surface area (Å²) in [5.41, 5.74) is 3.11. The predicted octanol–water partition coefficient (Wildman–Crippen LogP) is 2.23. The van der Waals surface area contributed by atoms with Crippen LogP contribution in [0.5, 0.6) is 0 Å². The molecule has 1 fully saturated rings. The first-order valence-corrected chi connectivity index (χ1v) is 10.2. The summed E-state index contributed by atoms with van der Waals surface area (Å²) >= 11 is 0. The molecule has 0 saturated carbocycles. The highest BCUT2D eigenvalue weighted by Crippen LogP contribution is 2.33. The normalized spacial score (nSPS) is 23.9. The molecule has 0 spiro atoms. The van der Waals surface area contributed by atoms with Gasteiger partial charge in [0.25, 0.3) is 0 Å². The number of nitrogens with one attached hydrogen (secondary N) is 1. The minimum atomic E-state index is 0. The van der Waals surface area contributed by atoms with E-state index in [-0.39, 0.29) is 29.5 Å². The van der Waals surface area contributed by atoms with Crippen LogP contribution in [0.3, 0.4) is 0 Å². The largest absolute Gasteiger partial charge is 0.354 e. The van der Waals surface area contributed by atoms with Crippen LogP contribution in [-0.2, 0) is 12.8 Å². The van der Waals surface area contributed by atoms with Crippen LogP contribution < -0.4 is 5.32 Å². The summed E-state index contributed by atoms with van der Waals surface area (Å²) in [6, 6.07) is 9.54. The molecular formula is C22H34IN5. The third kappa shape index (κ3) is 4.24. The third-order valence-electron chi connectivity index (χ3n) is 6.72. The van der Waals surface area contributed by atoms with Crippen LogP contribution in [0.15, 0.2) is 41.4 Å². The predicted molar refractivity (Wildman–Crippen MR) is 128 cm³/mol. The average molecular weight is 495 g/mol. The Balaban J connectivity index is 0.00000225. The topological polar surface area (TPSA) is 34.1 Å². The van der Waals surface area contributed by atoms with Gasteiger partial charge in [0.05, 0.1) is 0 Å². The van der Waals surface area contributed by atoms with E-state index in [4.69, 9.17) is 0 Å². The number of hydrogen-bond acceptors (Lipinski definition) is 3. The summed E-state index contributed by atoms with van der Waals surface area (Å²) < 4.78 is 0. The molecule has 154 valence electrons. The zero-order valence-corrected chi connectivity index (χ0v) is 19.7. The Morgan fingerprint density at radius 3 is 2.39 bits per heavy atom. The molecule has 1 aromatic carbocycles. The molecule has 4 rings (SSSR count). The first kappa shape index (κ1) is 21.6. The number of likely N-dealkylation sites (N-methyl/N-ethyl adjacent to an activating group) is 1. The number of fused-ring (bicyclic) bond motifs is 1. The van der Waals surface area contributed by atoms with E-state index < -0.39 is 0 Å². The highest BCUT2D eigenvalue weighted by atomic mass is 127. The van der Waals surface area contributed by atoms with Crippen molar-refractivity contribution in [1.29, 1.82) is 0 Å². The summed E-state index contributed by atoms with van der Waals surface area (Å²) in [6.45, 7) is 5.30. The van der Waals surface area contributed by atoms with Gasteiger partial charge in [-0.2, -0.15) is 0 Å². The zero-order chi connectivity index (χ0) is 18.9. The number of rotatable bonds is 4. The van der Waals surface area contributed by atoms with Crippen molar-refractivity contribution in [3.05, 3.63) is 47.5 Å². The van der Waals surface area contributed by atoms with E-state index in [1.54, 1.807) is 0 Å². The van der Waals surface area contributed by atoms with Gasteiger partial charge in [-0.15, -0.1) is 24.0 Å². The van der Waals surface area contributed by atoms with Gasteiger partial charge in [-0.3, -0.25) is 9.89 Å². The van der Waals surface area contributed by atoms with Crippen molar-refractivity contribution >= 4 is 29.9 Å². The molecule has 1 aliphatic carbocycles. The van der Waals surface area contributed by atoms with Gasteiger partial charge in [0.15, 0.2) is 5.96 Å². The van der Waals surface area contributed by atoms with Crippen LogP contribution in [0.25, 0.3) is 0 Å². The summed E-state index contributed by atoms with van der Waals surface area (Å²) in [4.78, 5) is 12.0. The molecule has 1 N–H and O–H groups in total. The highest BCUT2D eigenvalue weighted by Gasteiger charge is 2.39. The van der Waals surface area contributed by atoms with Gasteiger partial charge >= 0.3 is 0 Å². The second kappa shape index (κ2) is 9.13. The summed E-state index contributed by atoms with van der Waals surface area (Å²) in [5.74, 6) is 1.06. The SMILES string of the molecule is CN=C(NCC1(N(C)C)Cc2ccccc2C1)N1CCC(N2CC=CC2)C1.I. The lowest BCUT2D eigenvalue weighted by atomic mass is 9.94. The number of hydrogen-bond donors (Lipinski definition) is 1. The molecule has 3 aliphatic rings. The Hall–Kier alpha value is -1.12. The summed E-state index contributed by atoms with van der Waals surface area (Å²) in [5, 5.41) is 3.72. The minimum absolute atomic E-state index is 0. The lowest BCUT2D eigenvalue weighted by molar-refractivity contribution is 0.163. The molecule has 0 bridgehead atoms. The number of nitrogens with zero attached hydrogens (tertiary/aromatic N) is 4. The van der Waals surface area contributed by atoms with Crippen LogP contribution in [0.4, 0.5) is 0 Å². The lowest BCUT2D eigenvalue weighted by Gasteiger charge is -2.38. The Morgan fingerprint density at radius 2 is 1.82 bits per heavy atom. The summed E-state index contributed by atoms with van der Waals surface area (Å²) in [7, 11) is 6.34. The fraction of sp³-hybridized carbons (Fsp3) is 0.591. The van der Waals surface area contributed by atoms with Crippen molar-refractivity contribution in [2.45, 2.75) is 30.8 Å². The number of halogens is 1. The fourth-order valence-electron chi connectivity index (χ4n) is 4.87. The maximum Gasteiger partial charge on any atom is 0.193 e. The number of guanidine groups is 1. The first-order chi connectivity index (χ1) is 13.1. The lowest BCUT2D eigenvalue weighted by Crippen LogP contribution is -2.55. The number of likely N-dealkylation sites (tertiary alicyclic amines) is 1. The molecule has 2 aliphatic heterocycles. The molecule has 2 heterocycles. The smallest absolute Gasteiger partial charge is 0.193 e. The van der Waals surface area contributed by atoms with Gasteiger partial charge in [-0.1, -0.05) is 36.4 Å². The van der Waals surface area contributed by atoms with Crippen LogP contribution in [0.2, 0.25) is 0 Å². The Kier molecular flexibility index (Phi) is 7.04. The molecule has 28 heavy (non-hydrogen) atoms. The van der Waals surface area contributed by atoms with E-state index in [9.17, 15) is 0 Å². The molecule has 1 saturated heterocycles. The van der Waals surface area contributed by atoms with Crippen LogP contribution in [0, 0.1) is 0 Å². The molecule has 1 atom stereocenters. The number of benzene rings is 1. The van der Waals surface area contributed by atoms with E-state index in [0.717, 1.165) is 51.5 Å². The first-order valence-electron chi connectivity index (χ1n) is 10.2. The second-order valence-electron chi connectivity index (χ2n) is 8.46. The van der Waals surface area contributed by atoms with Crippen LogP contribution in [0.1, 0.15) is 17.5 Å². The quantitative estimate of drug-likeness (QED) is 0.301. The van der Waals surface area contributed by atoms with Crippen molar-refractivity contribution in [3.8, 4) is 0 Å². The van der Waals surface area contributed by atoms with Gasteiger partial charge in [0.1, 0.15) is 0 Å². The molecule has 0 amide bonds. The van der Waals surface area contributed by atoms with E-state index in [0.29, 0.717) is 6.04 Å². The molecule has 0 aromatic heterocycles. The van der Waals surface area contributed by atoms with Crippen molar-refractivity contribution in [2.75, 3.05) is 53.9 Å². The zero-order valence-electron chi connectivity index (χ0n) is 17.4. The van der Waals surface area contributed by atoms with Gasteiger partial charge < -0.3 is 15.1 Å². The van der Waals surface area contributed by atoms with Crippen molar-refractivity contribution < 1.29 is 0 Å². The number of aliphatic imine (C=N–C) groups is 1. The van der Waals surface area contributed by atoms with Gasteiger partial charge in [-0.05, 0) is 44.5 Å². The van der Waals surface area contributed by atoms with Crippen molar-refractivity contribution in [1.82, 2.24) is 20.0 Å². The molecular weight excluding hydrogens is 461 g/mol. The van der Waals surface area contributed by atoms with Gasteiger partial charge in [0, 0.05) is 51.4 Å². The Bertz CT molecular complexity index is 696. The van der Waals surface area contributed by atoms with Crippen molar-refractivity contribution in [2.24, 2.45) is 4.99 Å². The summed E-state index contributed by atoms with van der Waals surface area (Å²) in [6.07, 6.45) is 8.00.